The molecule has 18 N–H and O–H groups in total. The molecule has 0 aliphatic carbocycles. The summed E-state index contributed by atoms with van der Waals surface area (Å²) in [7, 11) is 3.13. The monoisotopic (exact) mass is 948 g/mol. The minimum absolute atomic E-state index is 0. The fourth-order valence-electron chi connectivity index (χ4n) is 2.82. The molecule has 3 aromatic carbocycles. The first-order chi connectivity index (χ1) is 23.0. The SMILES string of the molecule is CCCCN.CCCN.CCN.CN.COCCN.Cc1ccc(C(CN)CN)cc1.Cc1ccc(CN)cc1.Cc1ccc(N)cc1.P.P.P.P.P.P.P.P. The van der Waals surface area contributed by atoms with Crippen molar-refractivity contribution in [3.8, 4) is 0 Å². The van der Waals surface area contributed by atoms with Gasteiger partial charge in [-0.3, -0.25) is 0 Å². The van der Waals surface area contributed by atoms with Crippen molar-refractivity contribution in [3.63, 3.8) is 0 Å². The minimum atomic E-state index is 0. The first-order valence-electron chi connectivity index (χ1n) is 17.0. The van der Waals surface area contributed by atoms with Crippen LogP contribution in [-0.2, 0) is 11.3 Å². The van der Waals surface area contributed by atoms with Gasteiger partial charge in [0.2, 0.25) is 0 Å². The lowest BCUT2D eigenvalue weighted by Gasteiger charge is -2.12. The van der Waals surface area contributed by atoms with Crippen molar-refractivity contribution in [1.29, 1.82) is 0 Å². The Morgan fingerprint density at radius 2 is 0.821 bits per heavy atom. The molecular weight excluding hydrogens is 846 g/mol. The minimum Gasteiger partial charge on any atom is -0.399 e. The molecule has 3 rings (SSSR count). The van der Waals surface area contributed by atoms with E-state index < -0.39 is 0 Å². The van der Waals surface area contributed by atoms with Crippen molar-refractivity contribution in [2.75, 3.05) is 65.8 Å². The highest BCUT2D eigenvalue weighted by Gasteiger charge is 2.05. The van der Waals surface area contributed by atoms with Crippen LogP contribution in [0.5, 0.6) is 0 Å². The Labute approximate surface area is 373 Å². The lowest BCUT2D eigenvalue weighted by Crippen LogP contribution is -2.21. The molecule has 8 atom stereocenters. The Bertz CT molecular complexity index is 952. The molecule has 0 aliphatic rings. The van der Waals surface area contributed by atoms with E-state index in [9.17, 15) is 0 Å². The van der Waals surface area contributed by atoms with Crippen LogP contribution in [0.25, 0.3) is 0 Å². The van der Waals surface area contributed by atoms with Crippen LogP contribution in [-0.4, -0.2) is 60.0 Å². The first kappa shape index (κ1) is 92.0. The number of unbranched alkanes of at least 4 members (excludes halogenated alkanes) is 1. The predicted octanol–water partition coefficient (Wildman–Crippen LogP) is 4.72. The number of nitrogens with two attached hydrogens (primary N) is 9. The highest BCUT2D eigenvalue weighted by Crippen LogP contribution is 2.13. The van der Waals surface area contributed by atoms with Gasteiger partial charge in [0.1, 0.15) is 0 Å². The zero-order valence-electron chi connectivity index (χ0n) is 37.5. The molecule has 3 aromatic rings. The Kier molecular flexibility index (Phi) is 131. The zero-order chi connectivity index (χ0) is 38.0. The average molecular weight is 948 g/mol. The highest BCUT2D eigenvalue weighted by atomic mass is 31.0. The number of methoxy groups -OCH3 is 1. The number of hydrogen-bond acceptors (Lipinski definition) is 10. The van der Waals surface area contributed by atoms with Gasteiger partial charge in [0.15, 0.2) is 0 Å². The van der Waals surface area contributed by atoms with Gasteiger partial charge >= 0.3 is 0 Å². The third kappa shape index (κ3) is 75.4. The molecule has 56 heavy (non-hydrogen) atoms. The van der Waals surface area contributed by atoms with Crippen LogP contribution in [0, 0.1) is 20.8 Å². The highest BCUT2D eigenvalue weighted by molar-refractivity contribution is 6.93. The number of aryl methyl sites for hydroxylation is 3. The summed E-state index contributed by atoms with van der Waals surface area (Å²) in [6.45, 7) is 17.9. The normalized spacial score (nSPS) is 7.59. The lowest BCUT2D eigenvalue weighted by molar-refractivity contribution is 0.207. The molecule has 0 saturated heterocycles. The number of anilines is 1. The van der Waals surface area contributed by atoms with E-state index in [0.717, 1.165) is 31.7 Å². The second-order valence-electron chi connectivity index (χ2n) is 10.3. The molecule has 0 bridgehead atoms. The van der Waals surface area contributed by atoms with Crippen molar-refractivity contribution in [3.05, 3.63) is 101 Å². The third-order valence-electron chi connectivity index (χ3n) is 5.72. The summed E-state index contributed by atoms with van der Waals surface area (Å²) in [5.41, 5.74) is 53.6. The van der Waals surface area contributed by atoms with Crippen molar-refractivity contribution in [2.45, 2.75) is 73.3 Å². The summed E-state index contributed by atoms with van der Waals surface area (Å²) < 4.78 is 4.57. The van der Waals surface area contributed by atoms with Crippen LogP contribution in [0.15, 0.2) is 72.8 Å². The van der Waals surface area contributed by atoms with Gasteiger partial charge in [-0.2, -0.15) is 79.2 Å². The molecule has 0 aliphatic heterocycles. The summed E-state index contributed by atoms with van der Waals surface area (Å²) in [5, 5.41) is 0. The van der Waals surface area contributed by atoms with Gasteiger partial charge in [0.25, 0.3) is 0 Å². The van der Waals surface area contributed by atoms with E-state index in [-0.39, 0.29) is 79.2 Å². The number of benzene rings is 3. The Hall–Kier alpha value is 0.540. The fourth-order valence-corrected chi connectivity index (χ4v) is 2.82. The van der Waals surface area contributed by atoms with Gasteiger partial charge < -0.3 is 56.3 Å². The van der Waals surface area contributed by atoms with Crippen LogP contribution < -0.4 is 51.6 Å². The maximum absolute atomic E-state index is 5.57. The Morgan fingerprint density at radius 3 is 1.00 bits per heavy atom. The summed E-state index contributed by atoms with van der Waals surface area (Å²) in [4.78, 5) is 0. The molecule has 0 radical (unpaired) electrons. The summed E-state index contributed by atoms with van der Waals surface area (Å²) in [6.07, 6.45) is 3.48. The third-order valence-corrected chi connectivity index (χ3v) is 5.72. The van der Waals surface area contributed by atoms with E-state index in [4.69, 9.17) is 45.9 Å². The smallest absolute Gasteiger partial charge is 0.0584 e. The van der Waals surface area contributed by atoms with E-state index >= 15 is 0 Å². The van der Waals surface area contributed by atoms with Gasteiger partial charge in [-0.05, 0) is 83.6 Å². The van der Waals surface area contributed by atoms with Crippen LogP contribution in [0.3, 0.4) is 0 Å². The second kappa shape index (κ2) is 79.7. The number of nitrogen functional groups attached to an aromatic ring is 1. The molecule has 0 saturated carbocycles. The van der Waals surface area contributed by atoms with Crippen LogP contribution in [0.4, 0.5) is 5.69 Å². The molecule has 0 fully saturated rings. The average Bonchev–Trinajstić information content (AvgIpc) is 3.11. The zero-order valence-corrected chi connectivity index (χ0v) is 48.9. The molecule has 344 valence electrons. The van der Waals surface area contributed by atoms with Crippen molar-refractivity contribution >= 4 is 84.9 Å². The van der Waals surface area contributed by atoms with E-state index in [1.807, 2.05) is 38.1 Å². The molecular formula is C38H101N9OP8. The van der Waals surface area contributed by atoms with Crippen molar-refractivity contribution < 1.29 is 4.74 Å². The van der Waals surface area contributed by atoms with Gasteiger partial charge in [-0.25, -0.2) is 0 Å². The topological polar surface area (TPSA) is 243 Å². The maximum Gasteiger partial charge on any atom is 0.0584 e. The fraction of sp³-hybridized carbons (Fsp3) is 0.526. The predicted molar refractivity (Wildman–Crippen MR) is 305 cm³/mol. The molecule has 0 amide bonds. The molecule has 18 heteroatoms. The Morgan fingerprint density at radius 1 is 0.500 bits per heavy atom. The van der Waals surface area contributed by atoms with Gasteiger partial charge in [-0.1, -0.05) is 105 Å². The van der Waals surface area contributed by atoms with E-state index in [0.29, 0.717) is 38.7 Å². The Balaban J connectivity index is -0.0000000352. The molecule has 8 unspecified atom stereocenters. The molecule has 10 nitrogen and oxygen atoms in total. The van der Waals surface area contributed by atoms with E-state index in [2.05, 4.69) is 86.7 Å². The van der Waals surface area contributed by atoms with Crippen LogP contribution in [0.2, 0.25) is 0 Å². The van der Waals surface area contributed by atoms with E-state index in [1.54, 1.807) is 7.11 Å². The first-order valence-corrected chi connectivity index (χ1v) is 17.0. The van der Waals surface area contributed by atoms with Crippen molar-refractivity contribution in [2.24, 2.45) is 45.9 Å². The number of rotatable bonds is 9. The van der Waals surface area contributed by atoms with Gasteiger partial charge in [-0.15, -0.1) is 0 Å². The molecule has 0 aromatic heterocycles. The summed E-state index contributed by atoms with van der Waals surface area (Å²) >= 11 is 0. The number of ether oxygens (including phenoxy) is 1. The maximum atomic E-state index is 5.57. The standard InChI is InChI=1S/C10H16N2.C8H11N.C7H9N.C4H11N.C3H9NO.C3H9N.C2H7N.CH5N.8H3P/c1-8-2-4-9(5-3-8)10(6-11)7-12;1-7-2-4-8(6-9)5-3-7;1-6-2-4-7(8)5-3-6;1-2-3-4-5;1-5-3-2-4;1-2-3-4;1-2-3;1-2;;;;;;;;/h2-5,10H,6-7,11-12H2,1H3;2-5H,6,9H2,1H3;2-5H,8H2,1H3;2-5H2,1H3;2-4H2,1H3;2-4H2,1H3;2-3H2,1H3;2H2,1H3;8*1H3. The quantitative estimate of drug-likeness (QED) is 0.106. The van der Waals surface area contributed by atoms with E-state index in [1.165, 1.54) is 47.7 Å². The molecule has 0 heterocycles. The lowest BCUT2D eigenvalue weighted by atomic mass is 9.99. The van der Waals surface area contributed by atoms with Crippen LogP contribution >= 0.6 is 79.2 Å². The van der Waals surface area contributed by atoms with Gasteiger partial charge in [0, 0.05) is 44.9 Å². The van der Waals surface area contributed by atoms with Crippen LogP contribution in [0.1, 0.15) is 73.8 Å². The van der Waals surface area contributed by atoms with Gasteiger partial charge in [0.05, 0.1) is 6.61 Å². The summed E-state index contributed by atoms with van der Waals surface area (Å²) in [6, 6.07) is 24.4. The van der Waals surface area contributed by atoms with Crippen molar-refractivity contribution in [1.82, 2.24) is 0 Å². The largest absolute Gasteiger partial charge is 0.399 e. The second-order valence-corrected chi connectivity index (χ2v) is 10.3. The number of hydrogen-bond donors (Lipinski definition) is 9. The molecule has 0 spiro atoms. The summed E-state index contributed by atoms with van der Waals surface area (Å²) in [5.74, 6) is 0.311.